The summed E-state index contributed by atoms with van der Waals surface area (Å²) in [7, 11) is 0. The van der Waals surface area contributed by atoms with E-state index < -0.39 is 0 Å². The summed E-state index contributed by atoms with van der Waals surface area (Å²) in [5.41, 5.74) is 5.38. The third-order valence-corrected chi connectivity index (χ3v) is 4.51. The molecule has 0 atom stereocenters. The number of hydrogen-bond donors (Lipinski definition) is 1. The molecule has 0 saturated carbocycles. The van der Waals surface area contributed by atoms with Crippen LogP contribution in [-0.2, 0) is 6.54 Å². The fourth-order valence-electron chi connectivity index (χ4n) is 3.13. The van der Waals surface area contributed by atoms with Crippen molar-refractivity contribution in [2.75, 3.05) is 0 Å². The molecule has 6 nitrogen and oxygen atoms in total. The van der Waals surface area contributed by atoms with Crippen LogP contribution in [0.5, 0.6) is 0 Å². The maximum Gasteiger partial charge on any atom is 0.150 e. The van der Waals surface area contributed by atoms with Gasteiger partial charge in [0.2, 0.25) is 0 Å². The van der Waals surface area contributed by atoms with E-state index in [4.69, 9.17) is 5.41 Å². The van der Waals surface area contributed by atoms with Crippen LogP contribution in [0.15, 0.2) is 55.4 Å². The molecule has 4 aromatic rings. The monoisotopic (exact) mass is 330 g/mol. The molecule has 0 amide bonds. The van der Waals surface area contributed by atoms with Crippen LogP contribution < -0.4 is 5.49 Å². The van der Waals surface area contributed by atoms with Gasteiger partial charge >= 0.3 is 0 Å². The van der Waals surface area contributed by atoms with Crippen molar-refractivity contribution in [3.8, 4) is 5.69 Å². The molecule has 0 aliphatic rings. The minimum atomic E-state index is 0.456. The van der Waals surface area contributed by atoms with Crippen LogP contribution in [0.4, 0.5) is 0 Å². The Morgan fingerprint density at radius 2 is 1.80 bits per heavy atom. The zero-order valence-electron chi connectivity index (χ0n) is 14.1. The van der Waals surface area contributed by atoms with Gasteiger partial charge < -0.3 is 4.57 Å². The molecule has 0 aliphatic carbocycles. The van der Waals surface area contributed by atoms with E-state index in [0.29, 0.717) is 12.0 Å². The first-order valence-corrected chi connectivity index (χ1v) is 8.08. The minimum absolute atomic E-state index is 0.456. The fraction of sp³-hybridized carbons (Fsp3) is 0.158. The summed E-state index contributed by atoms with van der Waals surface area (Å²) in [5, 5.41) is 9.54. The Hall–Kier alpha value is -3.28. The number of aryl methyl sites for hydroxylation is 1. The first-order valence-electron chi connectivity index (χ1n) is 8.08. The van der Waals surface area contributed by atoms with Gasteiger partial charge in [0.05, 0.1) is 30.1 Å². The Bertz CT molecular complexity index is 1090. The topological polar surface area (TPSA) is 72.4 Å². The van der Waals surface area contributed by atoms with Gasteiger partial charge in [-0.1, -0.05) is 6.07 Å². The van der Waals surface area contributed by atoms with Crippen molar-refractivity contribution in [2.45, 2.75) is 20.4 Å². The van der Waals surface area contributed by atoms with E-state index in [1.807, 2.05) is 48.1 Å². The third-order valence-electron chi connectivity index (χ3n) is 4.51. The Morgan fingerprint density at radius 1 is 1.04 bits per heavy atom. The molecular formula is C19H18N6. The zero-order chi connectivity index (χ0) is 17.4. The molecule has 25 heavy (non-hydrogen) atoms. The standard InChI is InChI=1S/C19H18N6/c1-13-14(2)25(16-6-4-8-22-10-16)19-17(13)18(20)24(12-23-19)11-15-5-3-7-21-9-15/h3-10,12,20H,11H2,1-2H3. The summed E-state index contributed by atoms with van der Waals surface area (Å²) in [5.74, 6) is 0. The number of fused-ring (bicyclic) bond motifs is 1. The van der Waals surface area contributed by atoms with Crippen molar-refractivity contribution < 1.29 is 0 Å². The molecule has 0 saturated heterocycles. The second kappa shape index (κ2) is 5.98. The second-order valence-corrected chi connectivity index (χ2v) is 6.04. The van der Waals surface area contributed by atoms with Gasteiger partial charge in [0.15, 0.2) is 5.65 Å². The smallest absolute Gasteiger partial charge is 0.150 e. The highest BCUT2D eigenvalue weighted by atomic mass is 15.1. The van der Waals surface area contributed by atoms with Crippen LogP contribution in [0.1, 0.15) is 16.8 Å². The lowest BCUT2D eigenvalue weighted by molar-refractivity contribution is 0.719. The second-order valence-electron chi connectivity index (χ2n) is 6.04. The Labute approximate surface area is 145 Å². The van der Waals surface area contributed by atoms with Crippen LogP contribution in [0.3, 0.4) is 0 Å². The van der Waals surface area contributed by atoms with Crippen LogP contribution in [0.25, 0.3) is 16.7 Å². The highest BCUT2D eigenvalue weighted by molar-refractivity contribution is 5.82. The normalized spacial score (nSPS) is 11.1. The maximum absolute atomic E-state index is 8.68. The van der Waals surface area contributed by atoms with Crippen molar-refractivity contribution in [3.05, 3.63) is 77.7 Å². The number of hydrogen-bond acceptors (Lipinski definition) is 4. The lowest BCUT2D eigenvalue weighted by atomic mass is 10.2. The number of pyridine rings is 2. The zero-order valence-corrected chi connectivity index (χ0v) is 14.1. The highest BCUT2D eigenvalue weighted by Gasteiger charge is 2.16. The molecule has 0 spiro atoms. The number of nitrogens with zero attached hydrogens (tertiary/aromatic N) is 5. The molecule has 0 radical (unpaired) electrons. The molecule has 124 valence electrons. The van der Waals surface area contributed by atoms with E-state index in [1.54, 1.807) is 18.7 Å². The third kappa shape index (κ3) is 2.52. The van der Waals surface area contributed by atoms with Gasteiger partial charge in [-0.3, -0.25) is 19.9 Å². The van der Waals surface area contributed by atoms with Crippen LogP contribution in [0, 0.1) is 19.3 Å². The van der Waals surface area contributed by atoms with E-state index in [2.05, 4.69) is 26.4 Å². The fourth-order valence-corrected chi connectivity index (χ4v) is 3.13. The Balaban J connectivity index is 1.91. The summed E-state index contributed by atoms with van der Waals surface area (Å²) in [6, 6.07) is 7.81. The summed E-state index contributed by atoms with van der Waals surface area (Å²) in [6.07, 6.45) is 8.86. The molecule has 6 heteroatoms. The first kappa shape index (κ1) is 15.3. The molecule has 1 N–H and O–H groups in total. The van der Waals surface area contributed by atoms with E-state index in [-0.39, 0.29) is 0 Å². The number of rotatable bonds is 3. The van der Waals surface area contributed by atoms with E-state index in [1.165, 1.54) is 0 Å². The maximum atomic E-state index is 8.68. The van der Waals surface area contributed by atoms with Crippen LogP contribution in [0.2, 0.25) is 0 Å². The van der Waals surface area contributed by atoms with Crippen LogP contribution in [-0.4, -0.2) is 24.1 Å². The lowest BCUT2D eigenvalue weighted by Crippen LogP contribution is -2.21. The minimum Gasteiger partial charge on any atom is -0.312 e. The largest absolute Gasteiger partial charge is 0.312 e. The molecule has 4 aromatic heterocycles. The van der Waals surface area contributed by atoms with Crippen molar-refractivity contribution in [1.29, 1.82) is 5.41 Å². The number of nitrogens with one attached hydrogen (secondary N) is 1. The van der Waals surface area contributed by atoms with Crippen molar-refractivity contribution >= 4 is 11.0 Å². The Kier molecular flexibility index (Phi) is 3.65. The number of aromatic nitrogens is 5. The predicted octanol–water partition coefficient (Wildman–Crippen LogP) is 2.76. The van der Waals surface area contributed by atoms with Gasteiger partial charge in [-0.05, 0) is 43.2 Å². The average Bonchev–Trinajstić information content (AvgIpc) is 2.90. The van der Waals surface area contributed by atoms with Gasteiger partial charge in [0, 0.05) is 24.3 Å². The predicted molar refractivity (Wildman–Crippen MR) is 95.5 cm³/mol. The van der Waals surface area contributed by atoms with Gasteiger partial charge in [0.1, 0.15) is 5.49 Å². The van der Waals surface area contributed by atoms with E-state index >= 15 is 0 Å². The van der Waals surface area contributed by atoms with Gasteiger partial charge in [-0.2, -0.15) is 0 Å². The van der Waals surface area contributed by atoms with Gasteiger partial charge in [0.25, 0.3) is 0 Å². The SMILES string of the molecule is Cc1c(C)n(-c2cccnc2)c2ncn(Cc3cccnc3)c(=N)c12. The summed E-state index contributed by atoms with van der Waals surface area (Å²) in [6.45, 7) is 4.67. The van der Waals surface area contributed by atoms with Gasteiger partial charge in [-0.15, -0.1) is 0 Å². The lowest BCUT2D eigenvalue weighted by Gasteiger charge is -2.09. The van der Waals surface area contributed by atoms with Crippen molar-refractivity contribution in [2.24, 2.45) is 0 Å². The highest BCUT2D eigenvalue weighted by Crippen LogP contribution is 2.24. The summed E-state index contributed by atoms with van der Waals surface area (Å²) in [4.78, 5) is 13.0. The van der Waals surface area contributed by atoms with Crippen molar-refractivity contribution in [1.82, 2.24) is 24.1 Å². The molecule has 0 fully saturated rings. The average molecular weight is 330 g/mol. The summed E-state index contributed by atoms with van der Waals surface area (Å²) < 4.78 is 3.91. The molecule has 0 bridgehead atoms. The van der Waals surface area contributed by atoms with Gasteiger partial charge in [-0.25, -0.2) is 4.98 Å². The van der Waals surface area contributed by atoms with E-state index in [0.717, 1.165) is 33.5 Å². The quantitative estimate of drug-likeness (QED) is 0.628. The first-order chi connectivity index (χ1) is 12.2. The molecule has 0 aromatic carbocycles. The van der Waals surface area contributed by atoms with Crippen LogP contribution >= 0.6 is 0 Å². The molecule has 4 rings (SSSR count). The molecular weight excluding hydrogens is 312 g/mol. The van der Waals surface area contributed by atoms with E-state index in [9.17, 15) is 0 Å². The molecule has 0 aliphatic heterocycles. The molecule has 0 unspecified atom stereocenters. The Morgan fingerprint density at radius 3 is 2.48 bits per heavy atom. The summed E-state index contributed by atoms with van der Waals surface area (Å²) >= 11 is 0. The molecule has 4 heterocycles. The van der Waals surface area contributed by atoms with Crippen molar-refractivity contribution in [3.63, 3.8) is 0 Å².